The van der Waals surface area contributed by atoms with Crippen LogP contribution in [0.4, 0.5) is 0 Å². The van der Waals surface area contributed by atoms with E-state index < -0.39 is 19.8 Å². The molecule has 3 aromatic rings. The average molecular weight is 392 g/mol. The fourth-order valence-electron chi connectivity index (χ4n) is 3.00. The summed E-state index contributed by atoms with van der Waals surface area (Å²) in [5, 5.41) is 0. The molecule has 0 nitrogen and oxygen atoms in total. The summed E-state index contributed by atoms with van der Waals surface area (Å²) >= 11 is -2.14. The Morgan fingerprint density at radius 1 is 0.455 bits per heavy atom. The molecule has 0 aromatic heterocycles. The normalized spacial score (nSPS) is 10.5. The monoisotopic (exact) mass is 393 g/mol. The zero-order valence-electron chi connectivity index (χ0n) is 13.4. The summed E-state index contributed by atoms with van der Waals surface area (Å²) in [5.41, 5.74) is 4.30. The van der Waals surface area contributed by atoms with Crippen molar-refractivity contribution in [3.8, 4) is 0 Å². The van der Waals surface area contributed by atoms with Gasteiger partial charge in [0, 0.05) is 0 Å². The van der Waals surface area contributed by atoms with Gasteiger partial charge in [-0.1, -0.05) is 0 Å². The standard InChI is InChI=1S/3C7H7.Sn/c3*1-7-5-3-2-4-6-7;/h3*2-5H,1H3;/q;;;+1. The predicted molar refractivity (Wildman–Crippen MR) is 98.2 cm³/mol. The Balaban J connectivity index is 2.27. The van der Waals surface area contributed by atoms with Crippen LogP contribution in [0.1, 0.15) is 16.7 Å². The SMILES string of the molecule is Cc1cccc[c]1[Sn+]([c]1ccccc1C)[c]1ccccc1C. The van der Waals surface area contributed by atoms with Gasteiger partial charge >= 0.3 is 141 Å². The molecule has 22 heavy (non-hydrogen) atoms. The van der Waals surface area contributed by atoms with Crippen molar-refractivity contribution in [2.24, 2.45) is 0 Å². The average Bonchev–Trinajstić information content (AvgIpc) is 2.53. The van der Waals surface area contributed by atoms with E-state index in [-0.39, 0.29) is 0 Å². The van der Waals surface area contributed by atoms with Gasteiger partial charge in [0.25, 0.3) is 0 Å². The Labute approximate surface area is 140 Å². The van der Waals surface area contributed by atoms with Crippen molar-refractivity contribution in [1.29, 1.82) is 0 Å². The van der Waals surface area contributed by atoms with Gasteiger partial charge in [0.05, 0.1) is 0 Å². The van der Waals surface area contributed by atoms with Crippen molar-refractivity contribution in [3.63, 3.8) is 0 Å². The molecule has 0 aliphatic heterocycles. The van der Waals surface area contributed by atoms with E-state index in [0.717, 1.165) is 0 Å². The van der Waals surface area contributed by atoms with Gasteiger partial charge < -0.3 is 0 Å². The van der Waals surface area contributed by atoms with Crippen LogP contribution in [0.2, 0.25) is 0 Å². The molecule has 0 spiro atoms. The van der Waals surface area contributed by atoms with Crippen LogP contribution in [0.15, 0.2) is 72.8 Å². The molecular weight excluding hydrogens is 371 g/mol. The van der Waals surface area contributed by atoms with Crippen molar-refractivity contribution >= 4 is 30.5 Å². The van der Waals surface area contributed by atoms with Crippen molar-refractivity contribution in [3.05, 3.63) is 89.5 Å². The van der Waals surface area contributed by atoms with E-state index in [1.54, 1.807) is 10.7 Å². The first-order valence-corrected chi connectivity index (χ1v) is 12.0. The first kappa shape index (κ1) is 15.4. The van der Waals surface area contributed by atoms with Crippen LogP contribution in [0.25, 0.3) is 0 Å². The van der Waals surface area contributed by atoms with Gasteiger partial charge in [-0.05, 0) is 0 Å². The van der Waals surface area contributed by atoms with Crippen LogP contribution >= 0.6 is 0 Å². The summed E-state index contributed by atoms with van der Waals surface area (Å²) < 4.78 is 4.77. The summed E-state index contributed by atoms with van der Waals surface area (Å²) in [6.07, 6.45) is 0. The molecule has 0 amide bonds. The van der Waals surface area contributed by atoms with Crippen molar-refractivity contribution < 1.29 is 0 Å². The quantitative estimate of drug-likeness (QED) is 0.601. The van der Waals surface area contributed by atoms with Crippen LogP contribution in [-0.4, -0.2) is 19.8 Å². The van der Waals surface area contributed by atoms with Crippen LogP contribution in [0.3, 0.4) is 0 Å². The number of hydrogen-bond acceptors (Lipinski definition) is 0. The van der Waals surface area contributed by atoms with Crippen LogP contribution in [0, 0.1) is 20.8 Å². The number of benzene rings is 3. The van der Waals surface area contributed by atoms with Gasteiger partial charge in [0.15, 0.2) is 0 Å². The van der Waals surface area contributed by atoms with E-state index in [1.165, 1.54) is 16.7 Å². The fourth-order valence-corrected chi connectivity index (χ4v) is 11.8. The Morgan fingerprint density at radius 3 is 1.00 bits per heavy atom. The van der Waals surface area contributed by atoms with Crippen molar-refractivity contribution in [2.75, 3.05) is 0 Å². The summed E-state index contributed by atoms with van der Waals surface area (Å²) in [7, 11) is 0. The molecule has 0 aliphatic rings. The Bertz CT molecular complexity index is 681. The third kappa shape index (κ3) is 2.98. The second kappa shape index (κ2) is 6.70. The molecule has 3 rings (SSSR count). The zero-order chi connectivity index (χ0) is 15.5. The van der Waals surface area contributed by atoms with Gasteiger partial charge in [-0.2, -0.15) is 0 Å². The first-order valence-electron chi connectivity index (χ1n) is 7.73. The molecule has 0 radical (unpaired) electrons. The summed E-state index contributed by atoms with van der Waals surface area (Å²) in [6.45, 7) is 6.77. The van der Waals surface area contributed by atoms with Crippen LogP contribution in [0.5, 0.6) is 0 Å². The van der Waals surface area contributed by atoms with Gasteiger partial charge in [-0.25, -0.2) is 0 Å². The van der Waals surface area contributed by atoms with Crippen LogP contribution in [-0.2, 0) is 0 Å². The number of rotatable bonds is 3. The van der Waals surface area contributed by atoms with E-state index in [2.05, 4.69) is 93.6 Å². The third-order valence-electron chi connectivity index (χ3n) is 4.24. The molecule has 108 valence electrons. The molecule has 0 saturated carbocycles. The third-order valence-corrected chi connectivity index (χ3v) is 13.7. The second-order valence-corrected chi connectivity index (χ2v) is 12.6. The minimum absolute atomic E-state index is 1.43. The van der Waals surface area contributed by atoms with E-state index in [1.807, 2.05) is 0 Å². The molecule has 3 aromatic carbocycles. The van der Waals surface area contributed by atoms with Gasteiger partial charge in [-0.3, -0.25) is 0 Å². The maximum atomic E-state index is 2.35. The Hall–Kier alpha value is -1.54. The molecule has 0 saturated heterocycles. The molecule has 1 heteroatoms. The summed E-state index contributed by atoms with van der Waals surface area (Å²) in [6, 6.07) is 26.8. The van der Waals surface area contributed by atoms with E-state index in [9.17, 15) is 0 Å². The number of aryl methyl sites for hydroxylation is 3. The first-order chi connectivity index (χ1) is 10.7. The second-order valence-electron chi connectivity index (χ2n) is 5.82. The molecule has 0 atom stereocenters. The Kier molecular flexibility index (Phi) is 4.68. The number of hydrogen-bond donors (Lipinski definition) is 0. The van der Waals surface area contributed by atoms with Crippen molar-refractivity contribution in [2.45, 2.75) is 20.8 Å². The van der Waals surface area contributed by atoms with Crippen LogP contribution < -0.4 is 10.7 Å². The molecule has 0 unspecified atom stereocenters. The zero-order valence-corrected chi connectivity index (χ0v) is 16.3. The molecule has 0 N–H and O–H groups in total. The van der Waals surface area contributed by atoms with Gasteiger partial charge in [0.1, 0.15) is 0 Å². The van der Waals surface area contributed by atoms with E-state index >= 15 is 0 Å². The van der Waals surface area contributed by atoms with Gasteiger partial charge in [0.2, 0.25) is 0 Å². The molecule has 0 aliphatic carbocycles. The molecule has 0 heterocycles. The van der Waals surface area contributed by atoms with E-state index in [4.69, 9.17) is 0 Å². The maximum absolute atomic E-state index is 2.35. The van der Waals surface area contributed by atoms with Crippen molar-refractivity contribution in [1.82, 2.24) is 0 Å². The summed E-state index contributed by atoms with van der Waals surface area (Å²) in [4.78, 5) is 0. The predicted octanol–water partition coefficient (Wildman–Crippen LogP) is 3.13. The minimum atomic E-state index is -2.14. The molecule has 0 bridgehead atoms. The van der Waals surface area contributed by atoms with E-state index in [0.29, 0.717) is 0 Å². The summed E-state index contributed by atoms with van der Waals surface area (Å²) in [5.74, 6) is 0. The van der Waals surface area contributed by atoms with Gasteiger partial charge in [-0.15, -0.1) is 0 Å². The topological polar surface area (TPSA) is 0 Å². The Morgan fingerprint density at radius 2 is 0.727 bits per heavy atom. The molecule has 0 fully saturated rings. The fraction of sp³-hybridized carbons (Fsp3) is 0.143. The molecular formula is C21H21Sn+.